The van der Waals surface area contributed by atoms with Gasteiger partial charge in [-0.3, -0.25) is 9.78 Å². The van der Waals surface area contributed by atoms with Crippen LogP contribution in [0.1, 0.15) is 42.0 Å². The van der Waals surface area contributed by atoms with Crippen LogP contribution in [0, 0.1) is 6.92 Å². The van der Waals surface area contributed by atoms with E-state index in [2.05, 4.69) is 116 Å². The maximum Gasteiger partial charge on any atom is 0.222 e. The lowest BCUT2D eigenvalue weighted by atomic mass is 9.97. The number of benzene rings is 3. The van der Waals surface area contributed by atoms with E-state index >= 15 is 0 Å². The molecule has 8 heteroatoms. The van der Waals surface area contributed by atoms with Crippen molar-refractivity contribution in [1.29, 1.82) is 0 Å². The van der Waals surface area contributed by atoms with Gasteiger partial charge in [0, 0.05) is 80.8 Å². The highest BCUT2D eigenvalue weighted by Crippen LogP contribution is 2.41. The predicted molar refractivity (Wildman–Crippen MR) is 182 cm³/mol. The third-order valence-corrected chi connectivity index (χ3v) is 9.22. The molecule has 0 radical (unpaired) electrons. The van der Waals surface area contributed by atoms with Crippen LogP contribution in [0.4, 0.5) is 22.7 Å². The van der Waals surface area contributed by atoms with Gasteiger partial charge >= 0.3 is 0 Å². The van der Waals surface area contributed by atoms with E-state index in [4.69, 9.17) is 4.99 Å². The number of rotatable bonds is 7. The van der Waals surface area contributed by atoms with Gasteiger partial charge in [-0.05, 0) is 67.8 Å². The molecule has 3 aliphatic heterocycles. The fourth-order valence-corrected chi connectivity index (χ4v) is 6.70. The predicted octanol–water partition coefficient (Wildman–Crippen LogP) is 6.07. The van der Waals surface area contributed by atoms with Crippen molar-refractivity contribution in [3.8, 4) is 0 Å². The number of piperazine rings is 1. The number of fused-ring (bicyclic) bond motifs is 1. The number of aromatic nitrogens is 1. The Morgan fingerprint density at radius 3 is 2.09 bits per heavy atom. The molecular weight excluding hydrogens is 558 g/mol. The minimum atomic E-state index is -0.192. The number of aliphatic imine (C=N–C) groups is 1. The summed E-state index contributed by atoms with van der Waals surface area (Å²) in [4.78, 5) is 32.7. The van der Waals surface area contributed by atoms with Gasteiger partial charge in [0.1, 0.15) is 0 Å². The Labute approximate surface area is 266 Å². The van der Waals surface area contributed by atoms with Crippen LogP contribution in [0.3, 0.4) is 0 Å². The van der Waals surface area contributed by atoms with Gasteiger partial charge in [-0.2, -0.15) is 0 Å². The number of carbonyl (C=O) groups is 1. The normalized spacial score (nSPS) is 18.1. The van der Waals surface area contributed by atoms with Crippen LogP contribution >= 0.6 is 0 Å². The SMILES string of the molecule is Cc1ccc(CNC(=O)CC2c3ccccc3N=C(N3CCN(c4ccncc4)CC3)N2c2ccc(N3CCCC3)cc2)cc1. The Bertz CT molecular complexity index is 1620. The molecule has 1 amide bonds. The largest absolute Gasteiger partial charge is 0.372 e. The number of anilines is 3. The minimum absolute atomic E-state index is 0.0258. The van der Waals surface area contributed by atoms with Crippen LogP contribution in [0.25, 0.3) is 0 Å². The van der Waals surface area contributed by atoms with E-state index in [0.717, 1.165) is 67.7 Å². The molecule has 1 atom stereocenters. The molecule has 1 N–H and O–H groups in total. The van der Waals surface area contributed by atoms with Gasteiger partial charge in [0.2, 0.25) is 11.9 Å². The van der Waals surface area contributed by atoms with E-state index in [1.165, 1.54) is 29.8 Å². The smallest absolute Gasteiger partial charge is 0.222 e. The van der Waals surface area contributed by atoms with Crippen molar-refractivity contribution in [2.75, 3.05) is 54.0 Å². The molecule has 1 unspecified atom stereocenters. The molecule has 0 bridgehead atoms. The second kappa shape index (κ2) is 13.0. The topological polar surface area (TPSA) is 67.3 Å². The lowest BCUT2D eigenvalue weighted by molar-refractivity contribution is -0.121. The number of amides is 1. The van der Waals surface area contributed by atoms with Crippen molar-refractivity contribution < 1.29 is 4.79 Å². The highest BCUT2D eigenvalue weighted by molar-refractivity contribution is 6.01. The van der Waals surface area contributed by atoms with Gasteiger partial charge in [-0.15, -0.1) is 0 Å². The monoisotopic (exact) mass is 599 g/mol. The first-order chi connectivity index (χ1) is 22.1. The van der Waals surface area contributed by atoms with Gasteiger partial charge in [-0.25, -0.2) is 4.99 Å². The molecule has 2 fully saturated rings. The molecule has 3 aliphatic rings. The second-order valence-corrected chi connectivity index (χ2v) is 12.2. The standard InChI is InChI=1S/C37H41N7O/c1-28-8-10-29(11-9-28)27-39-36(45)26-35-33-6-2-3-7-34(33)40-37(43-24-22-42(23-25-43)31-16-18-38-19-17-31)44(35)32-14-12-30(13-15-32)41-20-4-5-21-41/h2-3,6-19,35H,4-5,20-27H2,1H3,(H,39,45). The summed E-state index contributed by atoms with van der Waals surface area (Å²) in [6, 6.07) is 29.5. The van der Waals surface area contributed by atoms with Crippen molar-refractivity contribution >= 4 is 34.6 Å². The number of nitrogens with zero attached hydrogens (tertiary/aromatic N) is 6. The fourth-order valence-electron chi connectivity index (χ4n) is 6.70. The maximum absolute atomic E-state index is 13.6. The average molecular weight is 600 g/mol. The number of nitrogens with one attached hydrogen (secondary N) is 1. The zero-order chi connectivity index (χ0) is 30.6. The lowest BCUT2D eigenvalue weighted by Gasteiger charge is -2.45. The highest BCUT2D eigenvalue weighted by Gasteiger charge is 2.36. The molecule has 4 heterocycles. The van der Waals surface area contributed by atoms with Gasteiger partial charge in [0.05, 0.1) is 18.2 Å². The second-order valence-electron chi connectivity index (χ2n) is 12.2. The summed E-state index contributed by atoms with van der Waals surface area (Å²) < 4.78 is 0. The zero-order valence-corrected chi connectivity index (χ0v) is 26.0. The fraction of sp³-hybridized carbons (Fsp3) is 0.324. The summed E-state index contributed by atoms with van der Waals surface area (Å²) in [5, 5.41) is 3.20. The van der Waals surface area contributed by atoms with Crippen molar-refractivity contribution in [2.45, 2.75) is 38.8 Å². The zero-order valence-electron chi connectivity index (χ0n) is 26.0. The van der Waals surface area contributed by atoms with E-state index in [0.29, 0.717) is 13.0 Å². The van der Waals surface area contributed by atoms with E-state index in [1.54, 1.807) is 0 Å². The molecule has 8 nitrogen and oxygen atoms in total. The average Bonchev–Trinajstić information content (AvgIpc) is 3.64. The molecule has 0 aliphatic carbocycles. The minimum Gasteiger partial charge on any atom is -0.372 e. The molecule has 0 spiro atoms. The van der Waals surface area contributed by atoms with Crippen LogP contribution < -0.4 is 20.0 Å². The summed E-state index contributed by atoms with van der Waals surface area (Å²) in [6.45, 7) is 8.23. The molecule has 4 aromatic rings. The number of para-hydroxylation sites is 1. The number of pyridine rings is 1. The molecular formula is C37H41N7O. The Kier molecular flexibility index (Phi) is 8.36. The Balaban J connectivity index is 1.19. The number of hydrogen-bond donors (Lipinski definition) is 1. The van der Waals surface area contributed by atoms with Crippen molar-refractivity contribution in [3.05, 3.63) is 114 Å². The molecule has 45 heavy (non-hydrogen) atoms. The van der Waals surface area contributed by atoms with Crippen LogP contribution in [0.2, 0.25) is 0 Å². The molecule has 230 valence electrons. The van der Waals surface area contributed by atoms with Gasteiger partial charge in [0.25, 0.3) is 0 Å². The highest BCUT2D eigenvalue weighted by atomic mass is 16.1. The summed E-state index contributed by atoms with van der Waals surface area (Å²) in [6.07, 6.45) is 6.52. The van der Waals surface area contributed by atoms with E-state index in [-0.39, 0.29) is 11.9 Å². The van der Waals surface area contributed by atoms with Crippen LogP contribution in [0.5, 0.6) is 0 Å². The number of aryl methyl sites for hydroxylation is 1. The van der Waals surface area contributed by atoms with Gasteiger partial charge in [0.15, 0.2) is 0 Å². The van der Waals surface area contributed by atoms with Gasteiger partial charge < -0.3 is 24.9 Å². The van der Waals surface area contributed by atoms with Crippen molar-refractivity contribution in [3.63, 3.8) is 0 Å². The number of guanidine groups is 1. The molecule has 0 saturated carbocycles. The van der Waals surface area contributed by atoms with Crippen LogP contribution in [-0.4, -0.2) is 61.0 Å². The number of hydrogen-bond acceptors (Lipinski definition) is 7. The van der Waals surface area contributed by atoms with Gasteiger partial charge in [-0.1, -0.05) is 48.0 Å². The van der Waals surface area contributed by atoms with Crippen LogP contribution in [-0.2, 0) is 11.3 Å². The summed E-state index contributed by atoms with van der Waals surface area (Å²) >= 11 is 0. The molecule has 2 saturated heterocycles. The molecule has 1 aromatic heterocycles. The summed E-state index contributed by atoms with van der Waals surface area (Å²) in [5.41, 5.74) is 7.82. The first kappa shape index (κ1) is 28.9. The van der Waals surface area contributed by atoms with E-state index in [9.17, 15) is 4.79 Å². The first-order valence-electron chi connectivity index (χ1n) is 16.2. The quantitative estimate of drug-likeness (QED) is 0.278. The third kappa shape index (κ3) is 6.36. The Morgan fingerprint density at radius 2 is 1.36 bits per heavy atom. The lowest BCUT2D eigenvalue weighted by Crippen LogP contribution is -2.55. The van der Waals surface area contributed by atoms with E-state index < -0.39 is 0 Å². The van der Waals surface area contributed by atoms with Crippen molar-refractivity contribution in [2.24, 2.45) is 4.99 Å². The molecule has 7 rings (SSSR count). The Hall–Kier alpha value is -4.85. The Morgan fingerprint density at radius 1 is 0.733 bits per heavy atom. The van der Waals surface area contributed by atoms with E-state index in [1.807, 2.05) is 18.5 Å². The third-order valence-electron chi connectivity index (χ3n) is 9.22. The number of carbonyl (C=O) groups excluding carboxylic acids is 1. The van der Waals surface area contributed by atoms with Crippen LogP contribution in [0.15, 0.2) is 102 Å². The summed E-state index contributed by atoms with van der Waals surface area (Å²) in [5.74, 6) is 0.936. The summed E-state index contributed by atoms with van der Waals surface area (Å²) in [7, 11) is 0. The van der Waals surface area contributed by atoms with Crippen molar-refractivity contribution in [1.82, 2.24) is 15.2 Å². The maximum atomic E-state index is 13.6. The molecule has 3 aromatic carbocycles. The first-order valence-corrected chi connectivity index (χ1v) is 16.2.